The zero-order valence-corrected chi connectivity index (χ0v) is 16.2. The monoisotopic (exact) mass is 387 g/mol. The Hall–Kier alpha value is -3.26. The summed E-state index contributed by atoms with van der Waals surface area (Å²) in [6.45, 7) is 0.869. The zero-order valence-electron chi connectivity index (χ0n) is 16.2. The fourth-order valence-electron chi connectivity index (χ4n) is 2.44. The molecule has 0 heterocycles. The molecule has 8 nitrogen and oxygen atoms in total. The topological polar surface area (TPSA) is 97.9 Å². The minimum Gasteiger partial charge on any atom is -0.497 e. The van der Waals surface area contributed by atoms with Crippen molar-refractivity contribution < 1.29 is 23.8 Å². The van der Waals surface area contributed by atoms with E-state index in [2.05, 4.69) is 16.0 Å². The van der Waals surface area contributed by atoms with Crippen molar-refractivity contribution in [2.24, 2.45) is 0 Å². The van der Waals surface area contributed by atoms with Crippen molar-refractivity contribution in [3.05, 3.63) is 48.0 Å². The Morgan fingerprint density at radius 1 is 1.00 bits per heavy atom. The maximum Gasteiger partial charge on any atom is 0.251 e. The van der Waals surface area contributed by atoms with Crippen LogP contribution in [0.25, 0.3) is 0 Å². The largest absolute Gasteiger partial charge is 0.497 e. The number of anilines is 2. The van der Waals surface area contributed by atoms with Gasteiger partial charge in [0, 0.05) is 31.0 Å². The molecule has 0 bridgehead atoms. The molecule has 2 rings (SSSR count). The molecule has 0 atom stereocenters. The van der Waals surface area contributed by atoms with E-state index in [1.807, 2.05) is 0 Å². The third-order valence-corrected chi connectivity index (χ3v) is 3.85. The van der Waals surface area contributed by atoms with Gasteiger partial charge in [0.2, 0.25) is 5.91 Å². The number of carbonyl (C=O) groups is 2. The standard InChI is InChI=1S/C20H25N3O5/c1-26-10-9-21-20(25)14-5-4-6-15(11-14)23-19(24)13-22-17-12-16(27-2)7-8-18(17)28-3/h4-8,11-12,22H,9-10,13H2,1-3H3,(H,21,25)(H,23,24). The molecule has 2 aromatic carbocycles. The molecule has 0 spiro atoms. The van der Waals surface area contributed by atoms with E-state index in [1.54, 1.807) is 63.8 Å². The van der Waals surface area contributed by atoms with Crippen LogP contribution in [0, 0.1) is 0 Å². The number of carbonyl (C=O) groups excluding carboxylic acids is 2. The summed E-state index contributed by atoms with van der Waals surface area (Å²) in [5, 5.41) is 8.52. The normalized spacial score (nSPS) is 10.1. The summed E-state index contributed by atoms with van der Waals surface area (Å²) in [7, 11) is 4.68. The summed E-state index contributed by atoms with van der Waals surface area (Å²) < 4.78 is 15.4. The van der Waals surface area contributed by atoms with Gasteiger partial charge in [-0.3, -0.25) is 9.59 Å². The maximum atomic E-state index is 12.3. The highest BCUT2D eigenvalue weighted by atomic mass is 16.5. The molecule has 0 aliphatic rings. The molecular weight excluding hydrogens is 362 g/mol. The number of hydrogen-bond donors (Lipinski definition) is 3. The average Bonchev–Trinajstić information content (AvgIpc) is 2.72. The van der Waals surface area contributed by atoms with Crippen LogP contribution < -0.4 is 25.4 Å². The Kier molecular flexibility index (Phi) is 8.11. The number of methoxy groups -OCH3 is 3. The van der Waals surface area contributed by atoms with Crippen LogP contribution in [0.2, 0.25) is 0 Å². The summed E-state index contributed by atoms with van der Waals surface area (Å²) in [5.41, 5.74) is 1.63. The van der Waals surface area contributed by atoms with Gasteiger partial charge in [0.15, 0.2) is 0 Å². The van der Waals surface area contributed by atoms with Crippen molar-refractivity contribution in [2.75, 3.05) is 51.7 Å². The smallest absolute Gasteiger partial charge is 0.251 e. The van der Waals surface area contributed by atoms with Crippen molar-refractivity contribution in [1.82, 2.24) is 5.32 Å². The Morgan fingerprint density at radius 3 is 2.54 bits per heavy atom. The van der Waals surface area contributed by atoms with Gasteiger partial charge in [0.05, 0.1) is 33.1 Å². The van der Waals surface area contributed by atoms with Gasteiger partial charge >= 0.3 is 0 Å². The SMILES string of the molecule is COCCNC(=O)c1cccc(NC(=O)CNc2cc(OC)ccc2OC)c1. The average molecular weight is 387 g/mol. The Labute approximate surface area is 164 Å². The van der Waals surface area contributed by atoms with Gasteiger partial charge < -0.3 is 30.2 Å². The van der Waals surface area contributed by atoms with Gasteiger partial charge in [-0.15, -0.1) is 0 Å². The molecule has 0 aromatic heterocycles. The van der Waals surface area contributed by atoms with Gasteiger partial charge in [-0.05, 0) is 30.3 Å². The predicted molar refractivity (Wildman–Crippen MR) is 107 cm³/mol. The maximum absolute atomic E-state index is 12.3. The molecule has 0 saturated carbocycles. The third kappa shape index (κ3) is 6.17. The number of rotatable bonds is 10. The highest BCUT2D eigenvalue weighted by Crippen LogP contribution is 2.28. The van der Waals surface area contributed by atoms with Crippen molar-refractivity contribution in [3.63, 3.8) is 0 Å². The second-order valence-corrected chi connectivity index (χ2v) is 5.80. The predicted octanol–water partition coefficient (Wildman–Crippen LogP) is 2.13. The first-order chi connectivity index (χ1) is 13.6. The van der Waals surface area contributed by atoms with Crippen LogP contribution in [0.15, 0.2) is 42.5 Å². The van der Waals surface area contributed by atoms with Gasteiger partial charge in [-0.2, -0.15) is 0 Å². The van der Waals surface area contributed by atoms with Gasteiger partial charge in [0.25, 0.3) is 5.91 Å². The number of hydrogen-bond acceptors (Lipinski definition) is 6. The van der Waals surface area contributed by atoms with Crippen LogP contribution in [0.1, 0.15) is 10.4 Å². The summed E-state index contributed by atoms with van der Waals surface area (Å²) in [6, 6.07) is 12.0. The van der Waals surface area contributed by atoms with E-state index in [9.17, 15) is 9.59 Å². The van der Waals surface area contributed by atoms with E-state index in [1.165, 1.54) is 0 Å². The zero-order chi connectivity index (χ0) is 20.4. The molecule has 2 amide bonds. The molecule has 0 radical (unpaired) electrons. The fraction of sp³-hybridized carbons (Fsp3) is 0.300. The van der Waals surface area contributed by atoms with Crippen LogP contribution in [0.5, 0.6) is 11.5 Å². The molecule has 3 N–H and O–H groups in total. The summed E-state index contributed by atoms with van der Waals surface area (Å²) >= 11 is 0. The summed E-state index contributed by atoms with van der Waals surface area (Å²) in [6.07, 6.45) is 0. The molecule has 0 unspecified atom stereocenters. The van der Waals surface area contributed by atoms with E-state index in [0.29, 0.717) is 41.6 Å². The van der Waals surface area contributed by atoms with E-state index in [0.717, 1.165) is 0 Å². The molecule has 0 aliphatic carbocycles. The number of nitrogens with one attached hydrogen (secondary N) is 3. The molecule has 0 aliphatic heterocycles. The lowest BCUT2D eigenvalue weighted by atomic mass is 10.2. The molecule has 0 saturated heterocycles. The lowest BCUT2D eigenvalue weighted by molar-refractivity contribution is -0.114. The summed E-state index contributed by atoms with van der Waals surface area (Å²) in [5.74, 6) is 0.758. The molecule has 150 valence electrons. The first kappa shape index (κ1) is 21.0. The van der Waals surface area contributed by atoms with Gasteiger partial charge in [0.1, 0.15) is 11.5 Å². The van der Waals surface area contributed by atoms with Crippen molar-refractivity contribution in [2.45, 2.75) is 0 Å². The number of amides is 2. The first-order valence-electron chi connectivity index (χ1n) is 8.70. The fourth-order valence-corrected chi connectivity index (χ4v) is 2.44. The van der Waals surface area contributed by atoms with Crippen LogP contribution in [0.4, 0.5) is 11.4 Å². The molecule has 28 heavy (non-hydrogen) atoms. The number of benzene rings is 2. The van der Waals surface area contributed by atoms with E-state index in [4.69, 9.17) is 14.2 Å². The van der Waals surface area contributed by atoms with Crippen LogP contribution in [-0.4, -0.2) is 52.8 Å². The minimum absolute atomic E-state index is 0.0216. The van der Waals surface area contributed by atoms with E-state index in [-0.39, 0.29) is 18.4 Å². The number of ether oxygens (including phenoxy) is 3. The molecular formula is C20H25N3O5. The molecule has 2 aromatic rings. The van der Waals surface area contributed by atoms with E-state index >= 15 is 0 Å². The van der Waals surface area contributed by atoms with Crippen LogP contribution in [0.3, 0.4) is 0 Å². The van der Waals surface area contributed by atoms with E-state index < -0.39 is 0 Å². The summed E-state index contributed by atoms with van der Waals surface area (Å²) in [4.78, 5) is 24.4. The lowest BCUT2D eigenvalue weighted by Gasteiger charge is -2.13. The van der Waals surface area contributed by atoms with Crippen molar-refractivity contribution in [1.29, 1.82) is 0 Å². The lowest BCUT2D eigenvalue weighted by Crippen LogP contribution is -2.27. The van der Waals surface area contributed by atoms with Gasteiger partial charge in [-0.1, -0.05) is 6.07 Å². The quantitative estimate of drug-likeness (QED) is 0.541. The first-order valence-corrected chi connectivity index (χ1v) is 8.70. The Bertz CT molecular complexity index is 810. The van der Waals surface area contributed by atoms with Gasteiger partial charge in [-0.25, -0.2) is 0 Å². The van der Waals surface area contributed by atoms with Crippen molar-refractivity contribution >= 4 is 23.2 Å². The highest BCUT2D eigenvalue weighted by molar-refractivity contribution is 5.98. The third-order valence-electron chi connectivity index (χ3n) is 3.85. The Morgan fingerprint density at radius 2 is 1.82 bits per heavy atom. The Balaban J connectivity index is 1.95. The highest BCUT2D eigenvalue weighted by Gasteiger charge is 2.10. The van der Waals surface area contributed by atoms with Crippen LogP contribution in [-0.2, 0) is 9.53 Å². The second kappa shape index (κ2) is 10.8. The van der Waals surface area contributed by atoms with Crippen LogP contribution >= 0.6 is 0 Å². The molecule has 8 heteroatoms. The minimum atomic E-state index is -0.262. The molecule has 0 fully saturated rings. The second-order valence-electron chi connectivity index (χ2n) is 5.80. The van der Waals surface area contributed by atoms with Crippen molar-refractivity contribution in [3.8, 4) is 11.5 Å².